The second kappa shape index (κ2) is 6.40. The summed E-state index contributed by atoms with van der Waals surface area (Å²) in [4.78, 5) is 0. The summed E-state index contributed by atoms with van der Waals surface area (Å²) in [5.74, 6) is -0.397. The van der Waals surface area contributed by atoms with Gasteiger partial charge in [0.25, 0.3) is 0 Å². The number of hydrogen-bond acceptors (Lipinski definition) is 2. The van der Waals surface area contributed by atoms with Crippen LogP contribution in [0.4, 0.5) is 4.39 Å². The van der Waals surface area contributed by atoms with E-state index in [1.54, 1.807) is 6.07 Å². The van der Waals surface area contributed by atoms with Gasteiger partial charge in [0.1, 0.15) is 11.6 Å². The molecule has 1 unspecified atom stereocenters. The van der Waals surface area contributed by atoms with E-state index in [1.165, 1.54) is 25.3 Å². The summed E-state index contributed by atoms with van der Waals surface area (Å²) >= 11 is 6.10. The molecule has 0 radical (unpaired) electrons. The molecule has 4 heteroatoms. The lowest BCUT2D eigenvalue weighted by atomic mass is 9.92. The van der Waals surface area contributed by atoms with Gasteiger partial charge >= 0.3 is 0 Å². The lowest BCUT2D eigenvalue weighted by molar-refractivity contribution is 0.406. The van der Waals surface area contributed by atoms with Crippen LogP contribution in [0.5, 0.6) is 5.75 Å². The molecule has 2 aromatic carbocycles. The predicted molar refractivity (Wildman–Crippen MR) is 76.5 cm³/mol. The third-order valence-corrected chi connectivity index (χ3v) is 3.47. The fraction of sp³-hybridized carbons (Fsp3) is 0.188. The van der Waals surface area contributed by atoms with Gasteiger partial charge in [0, 0.05) is 10.6 Å². The number of nitriles is 1. The molecule has 0 aromatic heterocycles. The van der Waals surface area contributed by atoms with Crippen LogP contribution in [0.2, 0.25) is 5.02 Å². The first-order chi connectivity index (χ1) is 9.65. The van der Waals surface area contributed by atoms with Crippen LogP contribution in [0.3, 0.4) is 0 Å². The molecule has 20 heavy (non-hydrogen) atoms. The Kier molecular flexibility index (Phi) is 4.60. The van der Waals surface area contributed by atoms with Crippen LogP contribution in [0.15, 0.2) is 42.5 Å². The standard InChI is InChI=1S/C16H13ClFNO/c1-20-16-7-6-13(18)9-14(16)12(10-19)8-11-4-2-3-5-15(11)17/h2-7,9,12H,8H2,1H3. The Morgan fingerprint density at radius 1 is 1.30 bits per heavy atom. The molecule has 2 aromatic rings. The maximum atomic E-state index is 13.4. The summed E-state index contributed by atoms with van der Waals surface area (Å²) < 4.78 is 18.6. The lowest BCUT2D eigenvalue weighted by Crippen LogP contribution is -2.04. The zero-order chi connectivity index (χ0) is 14.5. The molecule has 0 amide bonds. The molecule has 0 spiro atoms. The Morgan fingerprint density at radius 3 is 2.70 bits per heavy atom. The van der Waals surface area contributed by atoms with Gasteiger partial charge in [-0.05, 0) is 36.2 Å². The number of halogens is 2. The van der Waals surface area contributed by atoms with Crippen molar-refractivity contribution in [3.63, 3.8) is 0 Å². The van der Waals surface area contributed by atoms with Gasteiger partial charge in [0.15, 0.2) is 0 Å². The molecule has 2 rings (SSSR count). The number of rotatable bonds is 4. The topological polar surface area (TPSA) is 33.0 Å². The summed E-state index contributed by atoms with van der Waals surface area (Å²) in [6.45, 7) is 0. The number of benzene rings is 2. The van der Waals surface area contributed by atoms with Gasteiger partial charge in [-0.1, -0.05) is 29.8 Å². The van der Waals surface area contributed by atoms with E-state index >= 15 is 0 Å². The Morgan fingerprint density at radius 2 is 2.05 bits per heavy atom. The zero-order valence-electron chi connectivity index (χ0n) is 10.9. The normalized spacial score (nSPS) is 11.7. The molecule has 0 N–H and O–H groups in total. The second-order valence-corrected chi connectivity index (χ2v) is 4.77. The molecule has 0 aliphatic heterocycles. The maximum absolute atomic E-state index is 13.4. The highest BCUT2D eigenvalue weighted by atomic mass is 35.5. The molecule has 0 aliphatic carbocycles. The number of hydrogen-bond donors (Lipinski definition) is 0. The van der Waals surface area contributed by atoms with E-state index in [1.807, 2.05) is 18.2 Å². The summed E-state index contributed by atoms with van der Waals surface area (Å²) in [6, 6.07) is 13.7. The molecule has 0 aliphatic rings. The SMILES string of the molecule is COc1ccc(F)cc1C(C#N)Cc1ccccc1Cl. The quantitative estimate of drug-likeness (QED) is 0.839. The fourth-order valence-electron chi connectivity index (χ4n) is 2.09. The average Bonchev–Trinajstić information content (AvgIpc) is 2.46. The lowest BCUT2D eigenvalue weighted by Gasteiger charge is -2.14. The van der Waals surface area contributed by atoms with E-state index in [0.717, 1.165) is 5.56 Å². The van der Waals surface area contributed by atoms with Crippen molar-refractivity contribution in [1.82, 2.24) is 0 Å². The van der Waals surface area contributed by atoms with Crippen LogP contribution in [0, 0.1) is 17.1 Å². The van der Waals surface area contributed by atoms with Crippen LogP contribution >= 0.6 is 11.6 Å². The van der Waals surface area contributed by atoms with E-state index in [2.05, 4.69) is 6.07 Å². The van der Waals surface area contributed by atoms with E-state index in [0.29, 0.717) is 22.8 Å². The largest absolute Gasteiger partial charge is 0.496 e. The third kappa shape index (κ3) is 3.09. The molecule has 102 valence electrons. The first-order valence-corrected chi connectivity index (χ1v) is 6.50. The smallest absolute Gasteiger partial charge is 0.123 e. The van der Waals surface area contributed by atoms with Crippen molar-refractivity contribution in [2.24, 2.45) is 0 Å². The Labute approximate surface area is 122 Å². The van der Waals surface area contributed by atoms with Gasteiger partial charge < -0.3 is 4.74 Å². The highest BCUT2D eigenvalue weighted by Gasteiger charge is 2.18. The van der Waals surface area contributed by atoms with E-state index < -0.39 is 5.92 Å². The van der Waals surface area contributed by atoms with Crippen molar-refractivity contribution < 1.29 is 9.13 Å². The Hall–Kier alpha value is -2.05. The van der Waals surface area contributed by atoms with Crippen LogP contribution in [-0.4, -0.2) is 7.11 Å². The van der Waals surface area contributed by atoms with Crippen molar-refractivity contribution >= 4 is 11.6 Å². The number of methoxy groups -OCH3 is 1. The molecule has 1 atom stereocenters. The number of nitrogens with zero attached hydrogens (tertiary/aromatic N) is 1. The van der Waals surface area contributed by atoms with Gasteiger partial charge in [-0.2, -0.15) is 5.26 Å². The Balaban J connectivity index is 2.37. The van der Waals surface area contributed by atoms with Gasteiger partial charge in [-0.15, -0.1) is 0 Å². The van der Waals surface area contributed by atoms with Crippen LogP contribution in [0.25, 0.3) is 0 Å². The highest BCUT2D eigenvalue weighted by Crippen LogP contribution is 2.31. The molecule has 0 saturated carbocycles. The van der Waals surface area contributed by atoms with E-state index in [-0.39, 0.29) is 5.82 Å². The Bertz CT molecular complexity index is 651. The van der Waals surface area contributed by atoms with Crippen molar-refractivity contribution in [2.75, 3.05) is 7.11 Å². The summed E-state index contributed by atoms with van der Waals surface area (Å²) in [7, 11) is 1.50. The maximum Gasteiger partial charge on any atom is 0.123 e. The number of ether oxygens (including phenoxy) is 1. The van der Waals surface area contributed by atoms with Crippen LogP contribution < -0.4 is 4.74 Å². The van der Waals surface area contributed by atoms with Crippen LogP contribution in [0.1, 0.15) is 17.0 Å². The van der Waals surface area contributed by atoms with E-state index in [9.17, 15) is 9.65 Å². The minimum atomic E-state index is -0.513. The third-order valence-electron chi connectivity index (χ3n) is 3.10. The predicted octanol–water partition coefficient (Wildman–Crippen LogP) is 4.34. The average molecular weight is 290 g/mol. The van der Waals surface area contributed by atoms with Crippen molar-refractivity contribution in [3.8, 4) is 11.8 Å². The molecule has 0 bridgehead atoms. The fourth-order valence-corrected chi connectivity index (χ4v) is 2.30. The second-order valence-electron chi connectivity index (χ2n) is 4.36. The molecule has 0 heterocycles. The van der Waals surface area contributed by atoms with Crippen molar-refractivity contribution in [2.45, 2.75) is 12.3 Å². The highest BCUT2D eigenvalue weighted by molar-refractivity contribution is 6.31. The summed E-state index contributed by atoms with van der Waals surface area (Å²) in [5.41, 5.74) is 1.39. The summed E-state index contributed by atoms with van der Waals surface area (Å²) in [5, 5.41) is 9.97. The minimum absolute atomic E-state index is 0.389. The first kappa shape index (κ1) is 14.4. The molecular formula is C16H13ClFNO. The van der Waals surface area contributed by atoms with Gasteiger partial charge in [0.05, 0.1) is 19.1 Å². The molecule has 0 saturated heterocycles. The van der Waals surface area contributed by atoms with Crippen molar-refractivity contribution in [3.05, 3.63) is 64.4 Å². The summed E-state index contributed by atoms with van der Waals surface area (Å²) in [6.07, 6.45) is 0.413. The molecule has 2 nitrogen and oxygen atoms in total. The molecular weight excluding hydrogens is 277 g/mol. The van der Waals surface area contributed by atoms with Gasteiger partial charge in [0.2, 0.25) is 0 Å². The van der Waals surface area contributed by atoms with Gasteiger partial charge in [-0.25, -0.2) is 4.39 Å². The monoisotopic (exact) mass is 289 g/mol. The van der Waals surface area contributed by atoms with Gasteiger partial charge in [-0.3, -0.25) is 0 Å². The van der Waals surface area contributed by atoms with Crippen molar-refractivity contribution in [1.29, 1.82) is 5.26 Å². The van der Waals surface area contributed by atoms with Crippen LogP contribution in [-0.2, 0) is 6.42 Å². The van der Waals surface area contributed by atoms with E-state index in [4.69, 9.17) is 16.3 Å². The first-order valence-electron chi connectivity index (χ1n) is 6.12. The molecule has 0 fully saturated rings. The zero-order valence-corrected chi connectivity index (χ0v) is 11.7. The minimum Gasteiger partial charge on any atom is -0.496 e.